The molecule has 0 bridgehead atoms. The van der Waals surface area contributed by atoms with Crippen molar-refractivity contribution in [2.24, 2.45) is 15.2 Å². The van der Waals surface area contributed by atoms with Gasteiger partial charge in [0.2, 0.25) is 17.9 Å². The summed E-state index contributed by atoms with van der Waals surface area (Å²) in [6.07, 6.45) is 1.23. The number of hydrogen-bond acceptors (Lipinski definition) is 4. The third kappa shape index (κ3) is 3.52. The van der Waals surface area contributed by atoms with Crippen molar-refractivity contribution in [2.45, 2.75) is 0 Å². The molecule has 0 atom stereocenters. The highest BCUT2D eigenvalue weighted by atomic mass is 16.2. The van der Waals surface area contributed by atoms with Gasteiger partial charge in [0.05, 0.1) is 5.69 Å². The molecule has 0 saturated carbocycles. The highest BCUT2D eigenvalue weighted by Crippen LogP contribution is 2.19. The minimum Gasteiger partial charge on any atom is -0.287 e. The van der Waals surface area contributed by atoms with Gasteiger partial charge in [0.25, 0.3) is 0 Å². The Balaban J connectivity index is 3.44. The first kappa shape index (κ1) is 13.6. The van der Waals surface area contributed by atoms with E-state index >= 15 is 0 Å². The lowest BCUT2D eigenvalue weighted by Crippen LogP contribution is -1.99. The van der Waals surface area contributed by atoms with E-state index in [-0.39, 0.29) is 16.8 Å². The number of aliphatic imine (C=N–C) groups is 1. The molecule has 0 aliphatic heterocycles. The van der Waals surface area contributed by atoms with E-state index in [1.54, 1.807) is 0 Å². The second kappa shape index (κ2) is 6.33. The third-order valence-corrected chi connectivity index (χ3v) is 1.86. The lowest BCUT2D eigenvalue weighted by atomic mass is 10.1. The first-order valence-electron chi connectivity index (χ1n) is 4.54. The molecule has 19 heavy (non-hydrogen) atoms. The minimum absolute atomic E-state index is 0.0644. The molecule has 2 amide bonds. The summed E-state index contributed by atoms with van der Waals surface area (Å²) in [5.74, 6) is -1.94. The molecule has 0 fully saturated rings. The lowest BCUT2D eigenvalue weighted by molar-refractivity contribution is 0.0999. The van der Waals surface area contributed by atoms with E-state index in [1.165, 1.54) is 6.08 Å². The SMILES string of the molecule is [N-]=[N+]=NC(=O)c1cc(N=C=O)cc(C(=O)N=[N+]=[N-])c1. The van der Waals surface area contributed by atoms with Crippen molar-refractivity contribution in [1.82, 2.24) is 0 Å². The average molecular weight is 257 g/mol. The maximum atomic E-state index is 11.4. The number of carbonyl (C=O) groups is 2. The maximum absolute atomic E-state index is 11.4. The fraction of sp³-hybridized carbons (Fsp3) is 0. The van der Waals surface area contributed by atoms with Crippen LogP contribution in [0.5, 0.6) is 0 Å². The first-order valence-corrected chi connectivity index (χ1v) is 4.54. The van der Waals surface area contributed by atoms with Gasteiger partial charge in [-0.15, -0.1) is 0 Å². The fourth-order valence-electron chi connectivity index (χ4n) is 1.17. The Hall–Kier alpha value is -3.44. The zero-order valence-electron chi connectivity index (χ0n) is 9.09. The molecule has 0 aromatic heterocycles. The molecule has 0 radical (unpaired) electrons. The highest BCUT2D eigenvalue weighted by molar-refractivity contribution is 6.01. The standard InChI is InChI=1S/C9H3N7O3/c10-15-13-8(18)5-1-6(9(19)14-16-11)3-7(2-5)12-4-17/h1-3H. The van der Waals surface area contributed by atoms with Gasteiger partial charge >= 0.3 is 0 Å². The Morgan fingerprint density at radius 2 is 1.47 bits per heavy atom. The third-order valence-electron chi connectivity index (χ3n) is 1.86. The second-order valence-corrected chi connectivity index (χ2v) is 2.96. The van der Waals surface area contributed by atoms with Crippen LogP contribution in [0, 0.1) is 0 Å². The number of benzene rings is 1. The Labute approximate surface area is 104 Å². The molecular formula is C9H3N7O3. The van der Waals surface area contributed by atoms with Crippen molar-refractivity contribution in [3.8, 4) is 0 Å². The van der Waals surface area contributed by atoms with Gasteiger partial charge in [0.1, 0.15) is 0 Å². The van der Waals surface area contributed by atoms with Crippen molar-refractivity contribution in [3.63, 3.8) is 0 Å². The quantitative estimate of drug-likeness (QED) is 0.267. The Kier molecular flexibility index (Phi) is 4.54. The van der Waals surface area contributed by atoms with Crippen LogP contribution in [0.1, 0.15) is 20.7 Å². The summed E-state index contributed by atoms with van der Waals surface area (Å²) in [4.78, 5) is 40.7. The number of hydrogen-bond donors (Lipinski definition) is 0. The first-order chi connectivity index (χ1) is 9.12. The van der Waals surface area contributed by atoms with Crippen molar-refractivity contribution in [1.29, 1.82) is 0 Å². The summed E-state index contributed by atoms with van der Waals surface area (Å²) in [6, 6.07) is 3.29. The van der Waals surface area contributed by atoms with Crippen molar-refractivity contribution >= 4 is 23.6 Å². The number of nitrogens with zero attached hydrogens (tertiary/aromatic N) is 7. The largest absolute Gasteiger partial charge is 0.287 e. The fourth-order valence-corrected chi connectivity index (χ4v) is 1.17. The van der Waals surface area contributed by atoms with Crippen LogP contribution in [-0.2, 0) is 4.79 Å². The van der Waals surface area contributed by atoms with Gasteiger partial charge in [-0.05, 0) is 39.5 Å². The van der Waals surface area contributed by atoms with E-state index in [0.717, 1.165) is 18.2 Å². The Bertz CT molecular complexity index is 644. The van der Waals surface area contributed by atoms with Crippen molar-refractivity contribution in [2.75, 3.05) is 0 Å². The molecular weight excluding hydrogens is 254 g/mol. The van der Waals surface area contributed by atoms with Crippen LogP contribution in [0.4, 0.5) is 5.69 Å². The van der Waals surface area contributed by atoms with Crippen LogP contribution in [0.15, 0.2) is 33.4 Å². The highest BCUT2D eigenvalue weighted by Gasteiger charge is 2.11. The van der Waals surface area contributed by atoms with Gasteiger partial charge in [0.15, 0.2) is 0 Å². The molecule has 0 heterocycles. The van der Waals surface area contributed by atoms with Crippen molar-refractivity contribution < 1.29 is 14.4 Å². The molecule has 0 aliphatic rings. The number of azide groups is 2. The molecule has 0 aliphatic carbocycles. The summed E-state index contributed by atoms with van der Waals surface area (Å²) >= 11 is 0. The van der Waals surface area contributed by atoms with E-state index in [1.807, 2.05) is 0 Å². The van der Waals surface area contributed by atoms with E-state index in [9.17, 15) is 14.4 Å². The van der Waals surface area contributed by atoms with Crippen LogP contribution in [0.2, 0.25) is 0 Å². The molecule has 10 heteroatoms. The van der Waals surface area contributed by atoms with Crippen molar-refractivity contribution in [3.05, 3.63) is 50.2 Å². The van der Waals surface area contributed by atoms with Gasteiger partial charge in [-0.25, -0.2) is 4.79 Å². The van der Waals surface area contributed by atoms with Gasteiger partial charge in [-0.2, -0.15) is 4.99 Å². The summed E-state index contributed by atoms with van der Waals surface area (Å²) in [6.45, 7) is 0. The Morgan fingerprint density at radius 1 is 1.00 bits per heavy atom. The van der Waals surface area contributed by atoms with Crippen LogP contribution < -0.4 is 0 Å². The second-order valence-electron chi connectivity index (χ2n) is 2.96. The summed E-state index contributed by atoms with van der Waals surface area (Å²) in [5.41, 5.74) is 15.9. The predicted molar refractivity (Wildman–Crippen MR) is 61.2 cm³/mol. The molecule has 1 rings (SSSR count). The topological polar surface area (TPSA) is 161 Å². The van der Waals surface area contributed by atoms with E-state index in [2.05, 4.69) is 25.0 Å². The van der Waals surface area contributed by atoms with E-state index in [4.69, 9.17) is 11.1 Å². The molecule has 1 aromatic carbocycles. The van der Waals surface area contributed by atoms with Gasteiger partial charge < -0.3 is 0 Å². The number of amides is 2. The number of carbonyl (C=O) groups excluding carboxylic acids is 3. The average Bonchev–Trinajstić information content (AvgIpc) is 2.39. The molecule has 1 aromatic rings. The smallest absolute Gasteiger partial charge is 0.249 e. The predicted octanol–water partition coefficient (Wildman–Crippen LogP) is 2.55. The zero-order valence-corrected chi connectivity index (χ0v) is 9.09. The van der Waals surface area contributed by atoms with Gasteiger partial charge in [0, 0.05) is 21.0 Å². The molecule has 0 spiro atoms. The normalized spacial score (nSPS) is 8.42. The maximum Gasteiger partial charge on any atom is 0.249 e. The van der Waals surface area contributed by atoms with Crippen LogP contribution in [-0.4, -0.2) is 17.9 Å². The lowest BCUT2D eigenvalue weighted by Gasteiger charge is -2.00. The molecule has 10 nitrogen and oxygen atoms in total. The molecule has 92 valence electrons. The summed E-state index contributed by atoms with van der Waals surface area (Å²) < 4.78 is 0. The minimum atomic E-state index is -0.972. The summed E-state index contributed by atoms with van der Waals surface area (Å²) in [5, 5.41) is 5.66. The molecule has 0 saturated heterocycles. The molecule has 0 unspecified atom stereocenters. The van der Waals surface area contributed by atoms with Crippen LogP contribution in [0.3, 0.4) is 0 Å². The van der Waals surface area contributed by atoms with Gasteiger partial charge in [-0.1, -0.05) is 0 Å². The monoisotopic (exact) mass is 257 g/mol. The van der Waals surface area contributed by atoms with Gasteiger partial charge in [-0.3, -0.25) is 9.59 Å². The Morgan fingerprint density at radius 3 is 1.84 bits per heavy atom. The van der Waals surface area contributed by atoms with E-state index in [0.29, 0.717) is 0 Å². The van der Waals surface area contributed by atoms with Crippen LogP contribution in [0.25, 0.3) is 20.9 Å². The van der Waals surface area contributed by atoms with E-state index < -0.39 is 11.8 Å². The number of rotatable bonds is 3. The number of isocyanates is 1. The van der Waals surface area contributed by atoms with Crippen LogP contribution >= 0.6 is 0 Å². The zero-order chi connectivity index (χ0) is 14.3. The summed E-state index contributed by atoms with van der Waals surface area (Å²) in [7, 11) is 0. The molecule has 0 N–H and O–H groups in total.